The van der Waals surface area contributed by atoms with Crippen LogP contribution in [0.15, 0.2) is 24.3 Å². The lowest BCUT2D eigenvalue weighted by Gasteiger charge is -2.20. The fourth-order valence-corrected chi connectivity index (χ4v) is 2.15. The summed E-state index contributed by atoms with van der Waals surface area (Å²) >= 11 is 0. The van der Waals surface area contributed by atoms with Gasteiger partial charge in [-0.2, -0.15) is 0 Å². The smallest absolute Gasteiger partial charge is 0.338 e. The van der Waals surface area contributed by atoms with Gasteiger partial charge in [0.25, 0.3) is 0 Å². The van der Waals surface area contributed by atoms with Crippen molar-refractivity contribution in [2.75, 3.05) is 6.61 Å². The van der Waals surface area contributed by atoms with Gasteiger partial charge in [0, 0.05) is 0 Å². The second-order valence-electron chi connectivity index (χ2n) is 6.24. The van der Waals surface area contributed by atoms with Crippen LogP contribution in [0.3, 0.4) is 0 Å². The number of ether oxygens (including phenoxy) is 2. The summed E-state index contributed by atoms with van der Waals surface area (Å²) < 4.78 is 10.3. The molecular formula is C18H26O4. The number of esters is 2. The highest BCUT2D eigenvalue weighted by Crippen LogP contribution is 2.24. The maximum Gasteiger partial charge on any atom is 0.338 e. The normalized spacial score (nSPS) is 12.6. The van der Waals surface area contributed by atoms with E-state index in [1.54, 1.807) is 19.1 Å². The molecule has 0 aliphatic carbocycles. The molecule has 22 heavy (non-hydrogen) atoms. The summed E-state index contributed by atoms with van der Waals surface area (Å²) in [6.45, 7) is 9.75. The van der Waals surface area contributed by atoms with Crippen LogP contribution < -0.4 is 0 Å². The molecule has 0 bridgehead atoms. The molecule has 0 aliphatic heterocycles. The van der Waals surface area contributed by atoms with Crippen LogP contribution in [0, 0.1) is 0 Å². The first-order valence-corrected chi connectivity index (χ1v) is 7.75. The van der Waals surface area contributed by atoms with Gasteiger partial charge in [-0.15, -0.1) is 0 Å². The van der Waals surface area contributed by atoms with Gasteiger partial charge < -0.3 is 9.47 Å². The van der Waals surface area contributed by atoms with E-state index in [4.69, 9.17) is 9.47 Å². The molecule has 0 aliphatic rings. The summed E-state index contributed by atoms with van der Waals surface area (Å²) in [5.41, 5.74) is 1.04. The fourth-order valence-electron chi connectivity index (χ4n) is 2.15. The molecule has 1 aromatic carbocycles. The molecule has 0 saturated heterocycles. The summed E-state index contributed by atoms with van der Waals surface area (Å²) in [7, 11) is 0. The molecule has 0 saturated carbocycles. The number of benzene rings is 1. The first-order valence-electron chi connectivity index (χ1n) is 7.75. The Labute approximate surface area is 132 Å². The standard InChI is InChI=1S/C18H26O4/c1-6-13(12-16(19)21-7-2)14-8-10-15(11-9-14)17(20)22-18(3,4)5/h8-11,13H,6-7,12H2,1-5H3. The number of carbonyl (C=O) groups is 2. The third-order valence-electron chi connectivity index (χ3n) is 3.23. The number of hydrogen-bond donors (Lipinski definition) is 0. The number of carbonyl (C=O) groups excluding carboxylic acids is 2. The summed E-state index contributed by atoms with van der Waals surface area (Å²) in [5.74, 6) is -0.421. The van der Waals surface area contributed by atoms with E-state index < -0.39 is 5.60 Å². The van der Waals surface area contributed by atoms with Crippen LogP contribution in [0.4, 0.5) is 0 Å². The van der Waals surface area contributed by atoms with Crippen LogP contribution in [0.1, 0.15) is 69.3 Å². The van der Waals surface area contributed by atoms with Crippen molar-refractivity contribution in [2.24, 2.45) is 0 Å². The molecule has 0 aromatic heterocycles. The number of rotatable bonds is 6. The summed E-state index contributed by atoms with van der Waals surface area (Å²) in [5, 5.41) is 0. The molecule has 1 unspecified atom stereocenters. The Morgan fingerprint density at radius 1 is 1.09 bits per heavy atom. The summed E-state index contributed by atoms with van der Waals surface area (Å²) in [4.78, 5) is 23.6. The molecule has 0 fully saturated rings. The van der Waals surface area contributed by atoms with Crippen molar-refractivity contribution in [3.05, 3.63) is 35.4 Å². The lowest BCUT2D eigenvalue weighted by atomic mass is 9.92. The van der Waals surface area contributed by atoms with Gasteiger partial charge in [0.1, 0.15) is 5.60 Å². The molecule has 1 aromatic rings. The zero-order valence-electron chi connectivity index (χ0n) is 14.1. The zero-order valence-corrected chi connectivity index (χ0v) is 14.1. The molecule has 0 radical (unpaired) electrons. The van der Waals surface area contributed by atoms with E-state index in [2.05, 4.69) is 0 Å². The van der Waals surface area contributed by atoms with Crippen molar-refractivity contribution in [2.45, 2.75) is 59.0 Å². The van der Waals surface area contributed by atoms with Crippen molar-refractivity contribution >= 4 is 11.9 Å². The van der Waals surface area contributed by atoms with Gasteiger partial charge in [0.05, 0.1) is 18.6 Å². The SMILES string of the molecule is CCOC(=O)CC(CC)c1ccc(C(=O)OC(C)(C)C)cc1. The minimum absolute atomic E-state index is 0.103. The molecule has 0 heterocycles. The number of hydrogen-bond acceptors (Lipinski definition) is 4. The predicted molar refractivity (Wildman–Crippen MR) is 85.9 cm³/mol. The first-order chi connectivity index (χ1) is 10.3. The Balaban J connectivity index is 2.77. The quantitative estimate of drug-likeness (QED) is 0.743. The molecule has 1 atom stereocenters. The van der Waals surface area contributed by atoms with Gasteiger partial charge in [0.2, 0.25) is 0 Å². The van der Waals surface area contributed by atoms with Crippen LogP contribution in [0.5, 0.6) is 0 Å². The van der Waals surface area contributed by atoms with Crippen molar-refractivity contribution < 1.29 is 19.1 Å². The van der Waals surface area contributed by atoms with E-state index in [1.165, 1.54) is 0 Å². The highest BCUT2D eigenvalue weighted by molar-refractivity contribution is 5.89. The van der Waals surface area contributed by atoms with Crippen molar-refractivity contribution in [3.8, 4) is 0 Å². The topological polar surface area (TPSA) is 52.6 Å². The molecule has 0 amide bonds. The van der Waals surface area contributed by atoms with E-state index in [9.17, 15) is 9.59 Å². The summed E-state index contributed by atoms with van der Waals surface area (Å²) in [6, 6.07) is 7.26. The second-order valence-corrected chi connectivity index (χ2v) is 6.24. The monoisotopic (exact) mass is 306 g/mol. The molecule has 122 valence electrons. The van der Waals surface area contributed by atoms with E-state index in [0.717, 1.165) is 12.0 Å². The van der Waals surface area contributed by atoms with Crippen LogP contribution in [-0.4, -0.2) is 24.1 Å². The Bertz CT molecular complexity index is 497. The maximum absolute atomic E-state index is 12.0. The maximum atomic E-state index is 12.0. The highest BCUT2D eigenvalue weighted by atomic mass is 16.6. The van der Waals surface area contributed by atoms with Crippen LogP contribution in [0.25, 0.3) is 0 Å². The van der Waals surface area contributed by atoms with Gasteiger partial charge in [-0.05, 0) is 57.7 Å². The van der Waals surface area contributed by atoms with Crippen LogP contribution in [0.2, 0.25) is 0 Å². The molecule has 1 rings (SSSR count). The minimum atomic E-state index is -0.508. The Hall–Kier alpha value is -1.84. The van der Waals surface area contributed by atoms with Gasteiger partial charge in [0.15, 0.2) is 0 Å². The van der Waals surface area contributed by atoms with E-state index in [-0.39, 0.29) is 17.9 Å². The van der Waals surface area contributed by atoms with E-state index in [0.29, 0.717) is 18.6 Å². The van der Waals surface area contributed by atoms with E-state index in [1.807, 2.05) is 39.8 Å². The summed E-state index contributed by atoms with van der Waals surface area (Å²) in [6.07, 6.45) is 1.20. The Kier molecular flexibility index (Phi) is 6.60. The lowest BCUT2D eigenvalue weighted by molar-refractivity contribution is -0.143. The Morgan fingerprint density at radius 3 is 2.14 bits per heavy atom. The van der Waals surface area contributed by atoms with E-state index >= 15 is 0 Å². The van der Waals surface area contributed by atoms with Crippen LogP contribution in [-0.2, 0) is 14.3 Å². The third kappa shape index (κ3) is 5.88. The van der Waals surface area contributed by atoms with Gasteiger partial charge >= 0.3 is 11.9 Å². The average molecular weight is 306 g/mol. The largest absolute Gasteiger partial charge is 0.466 e. The third-order valence-corrected chi connectivity index (χ3v) is 3.23. The average Bonchev–Trinajstić information content (AvgIpc) is 2.43. The Morgan fingerprint density at radius 2 is 1.68 bits per heavy atom. The molecular weight excluding hydrogens is 280 g/mol. The molecule has 4 heteroatoms. The lowest BCUT2D eigenvalue weighted by Crippen LogP contribution is -2.23. The van der Waals surface area contributed by atoms with Crippen LogP contribution >= 0.6 is 0 Å². The van der Waals surface area contributed by atoms with Crippen molar-refractivity contribution in [1.29, 1.82) is 0 Å². The minimum Gasteiger partial charge on any atom is -0.466 e. The fraction of sp³-hybridized carbons (Fsp3) is 0.556. The highest BCUT2D eigenvalue weighted by Gasteiger charge is 2.19. The van der Waals surface area contributed by atoms with Crippen molar-refractivity contribution in [1.82, 2.24) is 0 Å². The van der Waals surface area contributed by atoms with Gasteiger partial charge in [-0.3, -0.25) is 4.79 Å². The zero-order chi connectivity index (χ0) is 16.8. The first kappa shape index (κ1) is 18.2. The second kappa shape index (κ2) is 7.97. The molecule has 0 spiro atoms. The van der Waals surface area contributed by atoms with Gasteiger partial charge in [-0.1, -0.05) is 19.1 Å². The van der Waals surface area contributed by atoms with Crippen molar-refractivity contribution in [3.63, 3.8) is 0 Å². The molecule has 0 N–H and O–H groups in total. The molecule has 4 nitrogen and oxygen atoms in total. The predicted octanol–water partition coefficient (Wildman–Crippen LogP) is 4.09. The van der Waals surface area contributed by atoms with Gasteiger partial charge in [-0.25, -0.2) is 4.79 Å².